The molecule has 0 aliphatic carbocycles. The number of benzene rings is 2. The standard InChI is InChI=1S/C25H28NO3S.Y/c1-18-7-12-22(30-18)15-25(28)20-8-10-21(11-9-20)26-14-13-24(27)23(26)17-29-16-19-5-3-2-4-6-19;/h2-3,5-12,23-25,27-28H,13-17H2,1H3;/q-1;. The Morgan fingerprint density at radius 3 is 2.68 bits per heavy atom. The quantitative estimate of drug-likeness (QED) is 0.444. The molecule has 2 aromatic carbocycles. The Hall–Kier alpha value is -1.08. The van der Waals surface area contributed by atoms with Crippen molar-refractivity contribution < 1.29 is 47.7 Å². The summed E-state index contributed by atoms with van der Waals surface area (Å²) in [5.41, 5.74) is 3.05. The minimum atomic E-state index is -0.511. The molecule has 161 valence electrons. The van der Waals surface area contributed by atoms with Crippen molar-refractivity contribution in [2.75, 3.05) is 18.1 Å². The zero-order chi connectivity index (χ0) is 20.9. The van der Waals surface area contributed by atoms with Crippen molar-refractivity contribution in [3.63, 3.8) is 0 Å². The molecule has 1 fully saturated rings. The molecule has 6 heteroatoms. The van der Waals surface area contributed by atoms with Gasteiger partial charge < -0.3 is 19.8 Å². The van der Waals surface area contributed by atoms with E-state index in [0.717, 1.165) is 29.8 Å². The number of aliphatic hydroxyl groups is 2. The SMILES string of the molecule is Cc1ccc(CC(O)c2ccc(N3CCC(O)C3COCc3c[c-]ccc3)cc2)s1.[Y]. The molecular weight excluding hydrogens is 483 g/mol. The maximum Gasteiger partial charge on any atom is 0.0838 e. The molecule has 31 heavy (non-hydrogen) atoms. The van der Waals surface area contributed by atoms with E-state index in [0.29, 0.717) is 19.6 Å². The summed E-state index contributed by atoms with van der Waals surface area (Å²) in [5, 5.41) is 21.0. The van der Waals surface area contributed by atoms with Gasteiger partial charge >= 0.3 is 0 Å². The number of ether oxygens (including phenoxy) is 1. The summed E-state index contributed by atoms with van der Waals surface area (Å²) >= 11 is 1.73. The summed E-state index contributed by atoms with van der Waals surface area (Å²) in [7, 11) is 0. The number of rotatable bonds is 8. The fourth-order valence-corrected chi connectivity index (χ4v) is 4.89. The van der Waals surface area contributed by atoms with Crippen LogP contribution in [0, 0.1) is 13.0 Å². The summed E-state index contributed by atoms with van der Waals surface area (Å²) in [6, 6.07) is 23.0. The fourth-order valence-electron chi connectivity index (χ4n) is 3.97. The van der Waals surface area contributed by atoms with E-state index in [2.05, 4.69) is 30.0 Å². The van der Waals surface area contributed by atoms with E-state index in [1.807, 2.05) is 48.5 Å². The zero-order valence-electron chi connectivity index (χ0n) is 17.8. The van der Waals surface area contributed by atoms with E-state index in [1.54, 1.807) is 11.3 Å². The molecule has 1 radical (unpaired) electrons. The van der Waals surface area contributed by atoms with Gasteiger partial charge in [-0.3, -0.25) is 0 Å². The van der Waals surface area contributed by atoms with Gasteiger partial charge in [0.1, 0.15) is 0 Å². The van der Waals surface area contributed by atoms with Gasteiger partial charge in [0.15, 0.2) is 0 Å². The van der Waals surface area contributed by atoms with Crippen molar-refractivity contribution in [3.8, 4) is 0 Å². The number of aliphatic hydroxyl groups excluding tert-OH is 2. The molecular formula is C25H28NO3SY-. The second-order valence-corrected chi connectivity index (χ2v) is 9.24. The minimum Gasteiger partial charge on any atom is -0.391 e. The molecule has 4 nitrogen and oxygen atoms in total. The molecule has 0 spiro atoms. The van der Waals surface area contributed by atoms with Crippen molar-refractivity contribution in [2.24, 2.45) is 0 Å². The Morgan fingerprint density at radius 1 is 1.19 bits per heavy atom. The van der Waals surface area contributed by atoms with Crippen LogP contribution in [0.3, 0.4) is 0 Å². The number of nitrogens with zero attached hydrogens (tertiary/aromatic N) is 1. The first-order valence-electron chi connectivity index (χ1n) is 10.4. The van der Waals surface area contributed by atoms with Crippen LogP contribution < -0.4 is 4.90 Å². The summed E-state index contributed by atoms with van der Waals surface area (Å²) in [6.07, 6.45) is 0.450. The number of hydrogen-bond donors (Lipinski definition) is 2. The van der Waals surface area contributed by atoms with E-state index in [1.165, 1.54) is 9.75 Å². The molecule has 4 rings (SSSR count). The Labute approximate surface area is 213 Å². The molecule has 1 aromatic heterocycles. The van der Waals surface area contributed by atoms with Gasteiger partial charge in [-0.2, -0.15) is 30.3 Å². The average Bonchev–Trinajstić information content (AvgIpc) is 3.34. The first kappa shape index (κ1) is 24.6. The third-order valence-electron chi connectivity index (χ3n) is 5.64. The molecule has 0 saturated carbocycles. The zero-order valence-corrected chi connectivity index (χ0v) is 21.4. The molecule has 1 aliphatic heterocycles. The number of aryl methyl sites for hydroxylation is 1. The van der Waals surface area contributed by atoms with Gasteiger partial charge in [-0.05, 0) is 43.2 Å². The van der Waals surface area contributed by atoms with Crippen LogP contribution in [-0.2, 0) is 50.5 Å². The monoisotopic (exact) mass is 511 g/mol. The maximum atomic E-state index is 10.6. The predicted octanol–water partition coefficient (Wildman–Crippen LogP) is 4.29. The molecule has 0 amide bonds. The summed E-state index contributed by atoms with van der Waals surface area (Å²) in [5.74, 6) is 0. The molecule has 3 aromatic rings. The average molecular weight is 511 g/mol. The van der Waals surface area contributed by atoms with Gasteiger partial charge in [-0.1, -0.05) is 12.1 Å². The molecule has 0 bridgehead atoms. The van der Waals surface area contributed by atoms with Gasteiger partial charge in [0.05, 0.1) is 24.9 Å². The van der Waals surface area contributed by atoms with Crippen LogP contribution >= 0.6 is 11.3 Å². The largest absolute Gasteiger partial charge is 0.391 e. The van der Waals surface area contributed by atoms with E-state index < -0.39 is 12.2 Å². The summed E-state index contributed by atoms with van der Waals surface area (Å²) in [6.45, 7) is 3.86. The van der Waals surface area contributed by atoms with E-state index in [9.17, 15) is 10.2 Å². The smallest absolute Gasteiger partial charge is 0.0838 e. The number of thiophene rings is 1. The Bertz CT molecular complexity index is 931. The van der Waals surface area contributed by atoms with Crippen molar-refractivity contribution in [3.05, 3.63) is 87.6 Å². The molecule has 3 atom stereocenters. The van der Waals surface area contributed by atoms with Crippen LogP contribution in [0.25, 0.3) is 0 Å². The molecule has 1 aliphatic rings. The maximum absolute atomic E-state index is 10.6. The van der Waals surface area contributed by atoms with Crippen LogP contribution in [-0.4, -0.2) is 35.5 Å². The van der Waals surface area contributed by atoms with E-state index in [-0.39, 0.29) is 38.8 Å². The van der Waals surface area contributed by atoms with Gasteiger partial charge in [0.25, 0.3) is 0 Å². The van der Waals surface area contributed by atoms with Crippen molar-refractivity contribution in [2.45, 2.75) is 44.6 Å². The van der Waals surface area contributed by atoms with Crippen molar-refractivity contribution >= 4 is 17.0 Å². The predicted molar refractivity (Wildman–Crippen MR) is 121 cm³/mol. The van der Waals surface area contributed by atoms with Gasteiger partial charge in [0.2, 0.25) is 0 Å². The molecule has 3 unspecified atom stereocenters. The third-order valence-corrected chi connectivity index (χ3v) is 6.66. The van der Waals surface area contributed by atoms with Gasteiger partial charge in [-0.25, -0.2) is 0 Å². The van der Waals surface area contributed by atoms with Crippen molar-refractivity contribution in [1.29, 1.82) is 0 Å². The van der Waals surface area contributed by atoms with Gasteiger partial charge in [-0.15, -0.1) is 16.9 Å². The summed E-state index contributed by atoms with van der Waals surface area (Å²) in [4.78, 5) is 4.67. The minimum absolute atomic E-state index is 0. The van der Waals surface area contributed by atoms with Crippen LogP contribution in [0.1, 0.15) is 33.4 Å². The topological polar surface area (TPSA) is 52.9 Å². The normalized spacial score (nSPS) is 19.3. The Morgan fingerprint density at radius 2 is 2.00 bits per heavy atom. The Balaban J connectivity index is 0.00000272. The number of hydrogen-bond acceptors (Lipinski definition) is 5. The van der Waals surface area contributed by atoms with Crippen LogP contribution in [0.4, 0.5) is 5.69 Å². The van der Waals surface area contributed by atoms with E-state index >= 15 is 0 Å². The van der Waals surface area contributed by atoms with E-state index in [4.69, 9.17) is 4.74 Å². The third kappa shape index (κ3) is 6.47. The van der Waals surface area contributed by atoms with Gasteiger partial charge in [0, 0.05) is 67.7 Å². The summed E-state index contributed by atoms with van der Waals surface area (Å²) < 4.78 is 5.90. The van der Waals surface area contributed by atoms with Crippen LogP contribution in [0.5, 0.6) is 0 Å². The van der Waals surface area contributed by atoms with Crippen LogP contribution in [0.15, 0.2) is 60.7 Å². The fraction of sp³-hybridized carbons (Fsp3) is 0.360. The molecule has 2 heterocycles. The van der Waals surface area contributed by atoms with Crippen molar-refractivity contribution in [1.82, 2.24) is 0 Å². The second kappa shape index (κ2) is 11.7. The first-order valence-corrected chi connectivity index (χ1v) is 11.2. The molecule has 1 saturated heterocycles. The Kier molecular flexibility index (Phi) is 9.26. The molecule has 2 N–H and O–H groups in total. The first-order chi connectivity index (χ1) is 14.6. The van der Waals surface area contributed by atoms with Crippen LogP contribution in [0.2, 0.25) is 0 Å². The number of anilines is 1. The second-order valence-electron chi connectivity index (χ2n) is 7.87.